The van der Waals surface area contributed by atoms with E-state index in [2.05, 4.69) is 47.6 Å². The topological polar surface area (TPSA) is 26.3 Å². The first-order chi connectivity index (χ1) is 17.6. The van der Waals surface area contributed by atoms with Gasteiger partial charge in [-0.25, -0.2) is 4.79 Å². The molecule has 3 fully saturated rings. The van der Waals surface area contributed by atoms with E-state index in [0.717, 1.165) is 54.3 Å². The summed E-state index contributed by atoms with van der Waals surface area (Å²) in [5.41, 5.74) is 3.10. The van der Waals surface area contributed by atoms with Gasteiger partial charge in [-0.1, -0.05) is 84.2 Å². The van der Waals surface area contributed by atoms with Gasteiger partial charge in [-0.3, -0.25) is 0 Å². The van der Waals surface area contributed by atoms with Crippen LogP contribution in [0.25, 0.3) is 0 Å². The first-order valence-corrected chi connectivity index (χ1v) is 15.6. The van der Waals surface area contributed by atoms with E-state index in [-0.39, 0.29) is 12.1 Å². The van der Waals surface area contributed by atoms with Gasteiger partial charge in [0.15, 0.2) is 0 Å². The first kappa shape index (κ1) is 27.0. The molecule has 204 valence electrons. The van der Waals surface area contributed by atoms with Crippen molar-refractivity contribution in [2.45, 2.75) is 112 Å². The smallest absolute Gasteiger partial charge is 0.338 e. The predicted molar refractivity (Wildman–Crippen MR) is 153 cm³/mol. The number of carbonyl (C=O) groups is 1. The predicted octanol–water partition coefficient (Wildman–Crippen LogP) is 9.50. The van der Waals surface area contributed by atoms with Gasteiger partial charge in [0, 0.05) is 6.42 Å². The minimum Gasteiger partial charge on any atom is -0.458 e. The quantitative estimate of drug-likeness (QED) is 0.273. The molecule has 0 aromatic heterocycles. The number of allylic oxidation sites excluding steroid dienone is 1. The Kier molecular flexibility index (Phi) is 7.69. The van der Waals surface area contributed by atoms with Crippen LogP contribution in [0.2, 0.25) is 0 Å². The maximum atomic E-state index is 12.7. The lowest BCUT2D eigenvalue weighted by Crippen LogP contribution is -2.51. The van der Waals surface area contributed by atoms with Crippen LogP contribution < -0.4 is 0 Å². The Morgan fingerprint density at radius 3 is 2.43 bits per heavy atom. The number of carbonyl (C=O) groups excluding carboxylic acids is 1. The van der Waals surface area contributed by atoms with Crippen LogP contribution in [-0.4, -0.2) is 12.1 Å². The molecule has 0 heterocycles. The minimum atomic E-state index is -0.161. The van der Waals surface area contributed by atoms with Gasteiger partial charge >= 0.3 is 5.97 Å². The van der Waals surface area contributed by atoms with Crippen molar-refractivity contribution in [2.75, 3.05) is 0 Å². The van der Waals surface area contributed by atoms with Crippen molar-refractivity contribution in [3.63, 3.8) is 0 Å². The highest BCUT2D eigenvalue weighted by Gasteiger charge is 2.59. The number of hydrogen-bond donors (Lipinski definition) is 0. The Labute approximate surface area is 227 Å². The monoisotopic (exact) mass is 504 g/mol. The number of benzene rings is 1. The fourth-order valence-corrected chi connectivity index (χ4v) is 9.56. The molecule has 0 spiro atoms. The number of ether oxygens (including phenoxy) is 1. The van der Waals surface area contributed by atoms with Crippen molar-refractivity contribution in [3.8, 4) is 0 Å². The molecule has 0 aliphatic heterocycles. The van der Waals surface area contributed by atoms with Gasteiger partial charge in [0.2, 0.25) is 0 Å². The largest absolute Gasteiger partial charge is 0.458 e. The van der Waals surface area contributed by atoms with Gasteiger partial charge in [0.1, 0.15) is 6.10 Å². The van der Waals surface area contributed by atoms with Crippen LogP contribution in [0.15, 0.2) is 42.0 Å². The lowest BCUT2D eigenvalue weighted by atomic mass is 9.47. The fraction of sp³-hybridized carbons (Fsp3) is 0.743. The lowest BCUT2D eigenvalue weighted by Gasteiger charge is -2.58. The van der Waals surface area contributed by atoms with Crippen LogP contribution in [0, 0.1) is 52.3 Å². The van der Waals surface area contributed by atoms with Crippen LogP contribution in [0.1, 0.15) is 116 Å². The van der Waals surface area contributed by atoms with Crippen LogP contribution in [0.3, 0.4) is 0 Å². The summed E-state index contributed by atoms with van der Waals surface area (Å²) in [7, 11) is 0. The summed E-state index contributed by atoms with van der Waals surface area (Å²) < 4.78 is 6.01. The van der Waals surface area contributed by atoms with Gasteiger partial charge in [0.25, 0.3) is 0 Å². The van der Waals surface area contributed by atoms with E-state index < -0.39 is 0 Å². The summed E-state index contributed by atoms with van der Waals surface area (Å²) >= 11 is 0. The molecule has 0 saturated heterocycles. The summed E-state index contributed by atoms with van der Waals surface area (Å²) in [5.74, 6) is 5.80. The first-order valence-electron chi connectivity index (χ1n) is 15.6. The standard InChI is InChI=1S/C35H52O2/c1-23(2)24(3)12-13-25(4)30-16-17-31-29-15-14-27-22-28(37-33(36)26-10-8-7-9-11-26)18-20-34(27,5)32(29)19-21-35(30,31)6/h7-11,14,23-25,28-32H,12-13,15-22H2,1-6H3/t24-,25+,28+,29-,30+,31-,32-,34-,35+/m0/s1. The van der Waals surface area contributed by atoms with Crippen LogP contribution in [-0.2, 0) is 4.74 Å². The molecule has 3 saturated carbocycles. The molecule has 37 heavy (non-hydrogen) atoms. The number of hydrogen-bond acceptors (Lipinski definition) is 2. The molecule has 4 aliphatic rings. The Hall–Kier alpha value is -1.57. The van der Waals surface area contributed by atoms with Gasteiger partial charge in [-0.15, -0.1) is 0 Å². The summed E-state index contributed by atoms with van der Waals surface area (Å²) in [4.78, 5) is 12.7. The Bertz CT molecular complexity index is 978. The number of fused-ring (bicyclic) bond motifs is 5. The SMILES string of the molecule is CC(C)[C@@H](C)CC[C@@H](C)[C@H]1CC[C@H]2[C@@H]3CC=C4C[C@H](OC(=O)c5ccccc5)CC[C@]4(C)[C@H]3CC[C@]12C. The molecule has 4 aliphatic carbocycles. The van der Waals surface area contributed by atoms with E-state index in [1.54, 1.807) is 5.57 Å². The van der Waals surface area contributed by atoms with Gasteiger partial charge in [-0.05, 0) is 109 Å². The van der Waals surface area contributed by atoms with Crippen LogP contribution in [0.4, 0.5) is 0 Å². The van der Waals surface area contributed by atoms with Crippen molar-refractivity contribution in [1.82, 2.24) is 0 Å². The molecule has 9 atom stereocenters. The summed E-state index contributed by atoms with van der Waals surface area (Å²) in [6.07, 6.45) is 15.5. The second-order valence-corrected chi connectivity index (χ2v) is 14.4. The maximum absolute atomic E-state index is 12.7. The fourth-order valence-electron chi connectivity index (χ4n) is 9.56. The normalized spacial score (nSPS) is 38.7. The van der Waals surface area contributed by atoms with Gasteiger partial charge < -0.3 is 4.74 Å². The highest BCUT2D eigenvalue weighted by atomic mass is 16.5. The average molecular weight is 505 g/mol. The zero-order valence-corrected chi connectivity index (χ0v) is 24.5. The van der Waals surface area contributed by atoms with Crippen molar-refractivity contribution in [3.05, 3.63) is 47.5 Å². The lowest BCUT2D eigenvalue weighted by molar-refractivity contribution is -0.0596. The minimum absolute atomic E-state index is 0.0300. The number of esters is 1. The highest BCUT2D eigenvalue weighted by Crippen LogP contribution is 2.67. The summed E-state index contributed by atoms with van der Waals surface area (Å²) in [6, 6.07) is 9.49. The Morgan fingerprint density at radius 2 is 1.70 bits per heavy atom. The molecule has 0 N–H and O–H groups in total. The molecule has 1 aromatic carbocycles. The molecule has 0 unspecified atom stereocenters. The third kappa shape index (κ3) is 4.96. The molecule has 0 amide bonds. The van der Waals surface area contributed by atoms with Crippen LogP contribution in [0.5, 0.6) is 0 Å². The molecular formula is C35H52O2. The zero-order chi connectivity index (χ0) is 26.4. The molecule has 2 nitrogen and oxygen atoms in total. The van der Waals surface area contributed by atoms with E-state index in [0.29, 0.717) is 16.4 Å². The second kappa shape index (κ2) is 10.5. The third-order valence-electron chi connectivity index (χ3n) is 12.3. The zero-order valence-electron chi connectivity index (χ0n) is 24.5. The van der Waals surface area contributed by atoms with Crippen molar-refractivity contribution >= 4 is 5.97 Å². The summed E-state index contributed by atoms with van der Waals surface area (Å²) in [6.45, 7) is 15.1. The molecular weight excluding hydrogens is 452 g/mol. The maximum Gasteiger partial charge on any atom is 0.338 e. The Morgan fingerprint density at radius 1 is 0.946 bits per heavy atom. The third-order valence-corrected chi connectivity index (χ3v) is 12.3. The summed E-state index contributed by atoms with van der Waals surface area (Å²) in [5, 5.41) is 0. The van der Waals surface area contributed by atoms with E-state index in [1.807, 2.05) is 30.3 Å². The van der Waals surface area contributed by atoms with Crippen molar-refractivity contribution < 1.29 is 9.53 Å². The van der Waals surface area contributed by atoms with Crippen molar-refractivity contribution in [2.24, 2.45) is 52.3 Å². The molecule has 5 rings (SSSR count). The average Bonchev–Trinajstić information content (AvgIpc) is 3.25. The van der Waals surface area contributed by atoms with Gasteiger partial charge in [0.05, 0.1) is 5.56 Å². The molecule has 0 bridgehead atoms. The Balaban J connectivity index is 1.25. The van der Waals surface area contributed by atoms with Crippen molar-refractivity contribution in [1.29, 1.82) is 0 Å². The van der Waals surface area contributed by atoms with Crippen LogP contribution >= 0.6 is 0 Å². The second-order valence-electron chi connectivity index (χ2n) is 14.4. The van der Waals surface area contributed by atoms with E-state index in [1.165, 1.54) is 51.4 Å². The highest BCUT2D eigenvalue weighted by molar-refractivity contribution is 5.89. The van der Waals surface area contributed by atoms with E-state index >= 15 is 0 Å². The molecule has 0 radical (unpaired) electrons. The molecule has 1 aromatic rings. The van der Waals surface area contributed by atoms with E-state index in [4.69, 9.17) is 4.74 Å². The van der Waals surface area contributed by atoms with E-state index in [9.17, 15) is 4.79 Å². The molecule has 2 heteroatoms. The van der Waals surface area contributed by atoms with Gasteiger partial charge in [-0.2, -0.15) is 0 Å². The number of rotatable bonds is 7.